The van der Waals surface area contributed by atoms with Crippen LogP contribution in [0.5, 0.6) is 0 Å². The van der Waals surface area contributed by atoms with Crippen molar-refractivity contribution in [2.75, 3.05) is 13.1 Å². The molecule has 0 heterocycles. The minimum atomic E-state index is 0.982. The molecule has 0 aromatic carbocycles. The Hall–Kier alpha value is -0.0400. The van der Waals surface area contributed by atoms with Crippen LogP contribution in [-0.2, 0) is 0 Å². The number of hydrogen-bond acceptors (Lipinski definition) is 1. The van der Waals surface area contributed by atoms with Crippen LogP contribution in [0.2, 0.25) is 0 Å². The first-order valence-electron chi connectivity index (χ1n) is 8.52. The molecular formula is C17H33N. The lowest BCUT2D eigenvalue weighted by molar-refractivity contribution is 0.101. The highest BCUT2D eigenvalue weighted by molar-refractivity contribution is 4.85. The second-order valence-electron chi connectivity index (χ2n) is 6.94. The first-order valence-corrected chi connectivity index (χ1v) is 8.52. The fraction of sp³-hybridized carbons (Fsp3) is 1.00. The number of hydrogen-bond donors (Lipinski definition) is 1. The van der Waals surface area contributed by atoms with E-state index in [-0.39, 0.29) is 0 Å². The largest absolute Gasteiger partial charge is 0.316 e. The van der Waals surface area contributed by atoms with Crippen LogP contribution in [0.3, 0.4) is 0 Å². The van der Waals surface area contributed by atoms with E-state index < -0.39 is 0 Å². The Morgan fingerprint density at radius 1 is 1.00 bits per heavy atom. The lowest BCUT2D eigenvalue weighted by Gasteiger charge is -2.41. The standard InChI is InChI=1S/C17H33N/c1-3-11-18-13-16-10-9-14(2)12-17(16)15-7-5-4-6-8-15/h14-18H,3-13H2,1-2H3. The van der Waals surface area contributed by atoms with Crippen LogP contribution in [0.25, 0.3) is 0 Å². The van der Waals surface area contributed by atoms with E-state index in [0.717, 1.165) is 23.7 Å². The summed E-state index contributed by atoms with van der Waals surface area (Å²) in [4.78, 5) is 0. The van der Waals surface area contributed by atoms with Gasteiger partial charge in [-0.25, -0.2) is 0 Å². The first-order chi connectivity index (χ1) is 8.81. The molecule has 1 heteroatoms. The van der Waals surface area contributed by atoms with Crippen LogP contribution in [0, 0.1) is 23.7 Å². The van der Waals surface area contributed by atoms with Crippen LogP contribution < -0.4 is 5.32 Å². The molecule has 0 aromatic rings. The third-order valence-corrected chi connectivity index (χ3v) is 5.40. The summed E-state index contributed by atoms with van der Waals surface area (Å²) in [5, 5.41) is 3.69. The Bertz CT molecular complexity index is 220. The predicted molar refractivity (Wildman–Crippen MR) is 79.7 cm³/mol. The van der Waals surface area contributed by atoms with E-state index in [4.69, 9.17) is 0 Å². The van der Waals surface area contributed by atoms with Gasteiger partial charge >= 0.3 is 0 Å². The van der Waals surface area contributed by atoms with Crippen molar-refractivity contribution in [2.24, 2.45) is 23.7 Å². The van der Waals surface area contributed by atoms with Gasteiger partial charge in [-0.05, 0) is 56.0 Å². The molecule has 2 saturated carbocycles. The smallest absolute Gasteiger partial charge is 0.00178 e. The van der Waals surface area contributed by atoms with Crippen molar-refractivity contribution in [3.8, 4) is 0 Å². The molecule has 106 valence electrons. The van der Waals surface area contributed by atoms with Gasteiger partial charge in [-0.15, -0.1) is 0 Å². The highest BCUT2D eigenvalue weighted by Gasteiger charge is 2.34. The molecule has 0 radical (unpaired) electrons. The molecule has 3 atom stereocenters. The van der Waals surface area contributed by atoms with E-state index in [2.05, 4.69) is 19.2 Å². The topological polar surface area (TPSA) is 12.0 Å². The highest BCUT2D eigenvalue weighted by atomic mass is 14.9. The molecule has 0 saturated heterocycles. The van der Waals surface area contributed by atoms with Gasteiger partial charge < -0.3 is 5.32 Å². The molecular weight excluding hydrogens is 218 g/mol. The summed E-state index contributed by atoms with van der Waals surface area (Å²) < 4.78 is 0. The minimum absolute atomic E-state index is 0.982. The average molecular weight is 251 g/mol. The van der Waals surface area contributed by atoms with E-state index in [1.807, 2.05) is 0 Å². The van der Waals surface area contributed by atoms with Crippen LogP contribution in [0.4, 0.5) is 0 Å². The summed E-state index contributed by atoms with van der Waals surface area (Å²) in [7, 11) is 0. The Morgan fingerprint density at radius 2 is 1.78 bits per heavy atom. The minimum Gasteiger partial charge on any atom is -0.316 e. The first kappa shape index (κ1) is 14.4. The Kier molecular flexibility index (Phi) is 6.01. The summed E-state index contributed by atoms with van der Waals surface area (Å²) >= 11 is 0. The van der Waals surface area contributed by atoms with Crippen LogP contribution in [-0.4, -0.2) is 13.1 Å². The molecule has 0 amide bonds. The van der Waals surface area contributed by atoms with Gasteiger partial charge in [-0.1, -0.05) is 52.4 Å². The Balaban J connectivity index is 1.87. The molecule has 1 nitrogen and oxygen atoms in total. The van der Waals surface area contributed by atoms with Gasteiger partial charge in [0.15, 0.2) is 0 Å². The molecule has 3 unspecified atom stereocenters. The Morgan fingerprint density at radius 3 is 2.50 bits per heavy atom. The molecule has 18 heavy (non-hydrogen) atoms. The van der Waals surface area contributed by atoms with E-state index >= 15 is 0 Å². The molecule has 2 aliphatic rings. The molecule has 0 aliphatic heterocycles. The zero-order chi connectivity index (χ0) is 12.8. The molecule has 1 N–H and O–H groups in total. The summed E-state index contributed by atoms with van der Waals surface area (Å²) in [6, 6.07) is 0. The van der Waals surface area contributed by atoms with Crippen molar-refractivity contribution >= 4 is 0 Å². The monoisotopic (exact) mass is 251 g/mol. The van der Waals surface area contributed by atoms with Crippen molar-refractivity contribution in [1.29, 1.82) is 0 Å². The molecule has 2 rings (SSSR count). The lowest BCUT2D eigenvalue weighted by atomic mass is 9.65. The summed E-state index contributed by atoms with van der Waals surface area (Å²) in [6.07, 6.45) is 13.3. The normalized spacial score (nSPS) is 34.7. The zero-order valence-corrected chi connectivity index (χ0v) is 12.6. The van der Waals surface area contributed by atoms with Crippen molar-refractivity contribution < 1.29 is 0 Å². The van der Waals surface area contributed by atoms with Gasteiger partial charge in [0.05, 0.1) is 0 Å². The molecule has 2 aliphatic carbocycles. The van der Waals surface area contributed by atoms with Crippen molar-refractivity contribution in [2.45, 2.75) is 71.6 Å². The number of nitrogens with one attached hydrogen (secondary N) is 1. The van der Waals surface area contributed by atoms with Crippen molar-refractivity contribution in [3.05, 3.63) is 0 Å². The highest BCUT2D eigenvalue weighted by Crippen LogP contribution is 2.43. The van der Waals surface area contributed by atoms with Crippen molar-refractivity contribution in [3.63, 3.8) is 0 Å². The molecule has 0 spiro atoms. The van der Waals surface area contributed by atoms with Crippen molar-refractivity contribution in [1.82, 2.24) is 5.32 Å². The fourth-order valence-electron chi connectivity index (χ4n) is 4.34. The number of rotatable bonds is 5. The Labute approximate surface area is 114 Å². The maximum absolute atomic E-state index is 3.69. The predicted octanol–water partition coefficient (Wildman–Crippen LogP) is 4.62. The second kappa shape index (κ2) is 7.53. The molecule has 0 aromatic heterocycles. The second-order valence-corrected chi connectivity index (χ2v) is 6.94. The van der Waals surface area contributed by atoms with Crippen LogP contribution in [0.1, 0.15) is 71.6 Å². The van der Waals surface area contributed by atoms with Gasteiger partial charge in [0, 0.05) is 0 Å². The average Bonchev–Trinajstić information content (AvgIpc) is 2.41. The third-order valence-electron chi connectivity index (χ3n) is 5.40. The van der Waals surface area contributed by atoms with Gasteiger partial charge in [-0.3, -0.25) is 0 Å². The summed E-state index contributed by atoms with van der Waals surface area (Å²) in [5.41, 5.74) is 0. The molecule has 0 bridgehead atoms. The maximum Gasteiger partial charge on any atom is -0.00178 e. The maximum atomic E-state index is 3.69. The summed E-state index contributed by atoms with van der Waals surface area (Å²) in [5.74, 6) is 4.07. The van der Waals surface area contributed by atoms with Gasteiger partial charge in [-0.2, -0.15) is 0 Å². The van der Waals surface area contributed by atoms with Crippen LogP contribution in [0.15, 0.2) is 0 Å². The SMILES string of the molecule is CCCNCC1CCC(C)CC1C1CCCCC1. The lowest BCUT2D eigenvalue weighted by Crippen LogP contribution is -2.37. The van der Waals surface area contributed by atoms with Crippen LogP contribution >= 0.6 is 0 Å². The quantitative estimate of drug-likeness (QED) is 0.703. The van der Waals surface area contributed by atoms with Gasteiger partial charge in [0.25, 0.3) is 0 Å². The molecule has 2 fully saturated rings. The van der Waals surface area contributed by atoms with E-state index in [1.54, 1.807) is 0 Å². The van der Waals surface area contributed by atoms with Gasteiger partial charge in [0.1, 0.15) is 0 Å². The third kappa shape index (κ3) is 3.98. The summed E-state index contributed by atoms with van der Waals surface area (Å²) in [6.45, 7) is 7.26. The van der Waals surface area contributed by atoms with E-state index in [1.165, 1.54) is 70.9 Å². The van der Waals surface area contributed by atoms with Gasteiger partial charge in [0.2, 0.25) is 0 Å². The zero-order valence-electron chi connectivity index (χ0n) is 12.6. The van der Waals surface area contributed by atoms with E-state index in [9.17, 15) is 0 Å². The fourth-order valence-corrected chi connectivity index (χ4v) is 4.34. The van der Waals surface area contributed by atoms with E-state index in [0.29, 0.717) is 0 Å².